The Morgan fingerprint density at radius 1 is 1.29 bits per heavy atom. The van der Waals surface area contributed by atoms with E-state index < -0.39 is 11.2 Å². The molecule has 0 aliphatic carbocycles. The molecule has 1 aliphatic heterocycles. The van der Waals surface area contributed by atoms with Gasteiger partial charge in [0, 0.05) is 32.4 Å². The molecule has 0 spiro atoms. The van der Waals surface area contributed by atoms with Crippen molar-refractivity contribution in [1.82, 2.24) is 9.55 Å². The Hall–Kier alpha value is -3.07. The molecule has 0 bridgehead atoms. The number of hydrogen-bond acceptors (Lipinski definition) is 6. The van der Waals surface area contributed by atoms with Gasteiger partial charge in [0.15, 0.2) is 5.69 Å². The van der Waals surface area contributed by atoms with E-state index in [2.05, 4.69) is 11.1 Å². The number of methoxy groups -OCH3 is 1. The second-order valence-corrected chi connectivity index (χ2v) is 7.69. The number of anilines is 3. The van der Waals surface area contributed by atoms with Gasteiger partial charge in [0.1, 0.15) is 5.82 Å². The maximum absolute atomic E-state index is 13.4. The molecular formula is C22H31N5O4. The Morgan fingerprint density at radius 3 is 2.81 bits per heavy atom. The summed E-state index contributed by atoms with van der Waals surface area (Å²) in [5.74, 6) is -0.266. The van der Waals surface area contributed by atoms with Crippen LogP contribution < -0.4 is 26.8 Å². The molecule has 0 saturated carbocycles. The number of fused-ring (bicyclic) bond motifs is 1. The molecule has 0 atom stereocenters. The number of benzene rings is 1. The summed E-state index contributed by atoms with van der Waals surface area (Å²) in [6, 6.07) is 8.03. The van der Waals surface area contributed by atoms with Crippen LogP contribution in [0.3, 0.4) is 0 Å². The van der Waals surface area contributed by atoms with Gasteiger partial charge in [-0.15, -0.1) is 0 Å². The molecule has 9 heteroatoms. The van der Waals surface area contributed by atoms with Gasteiger partial charge < -0.3 is 20.3 Å². The molecule has 2 aromatic rings. The highest BCUT2D eigenvalue weighted by Gasteiger charge is 2.27. The lowest BCUT2D eigenvalue weighted by molar-refractivity contribution is -0.117. The van der Waals surface area contributed by atoms with E-state index in [1.54, 1.807) is 0 Å². The Morgan fingerprint density at radius 2 is 2.06 bits per heavy atom. The fourth-order valence-corrected chi connectivity index (χ4v) is 3.94. The number of unbranched alkanes of at least 4 members (excludes halogenated alkanes) is 1. The molecule has 1 aromatic carbocycles. The number of H-pyrrole nitrogens is 1. The van der Waals surface area contributed by atoms with Crippen LogP contribution in [0.4, 0.5) is 17.2 Å². The number of nitrogens with two attached hydrogens (primary N) is 1. The number of ether oxygens (including phenoxy) is 1. The number of aromatic amines is 1. The summed E-state index contributed by atoms with van der Waals surface area (Å²) in [5, 5.41) is 0. The number of amides is 1. The normalized spacial score (nSPS) is 13.2. The zero-order chi connectivity index (χ0) is 22.4. The molecule has 0 fully saturated rings. The lowest BCUT2D eigenvalue weighted by atomic mass is 10.0. The second kappa shape index (κ2) is 10.3. The van der Waals surface area contributed by atoms with Crippen molar-refractivity contribution in [2.75, 3.05) is 48.9 Å². The predicted molar refractivity (Wildman–Crippen MR) is 122 cm³/mol. The molecule has 0 saturated heterocycles. The SMILES string of the molecule is CCCCn1c(N)c(N(CCOC)C(=O)CN2CCCc3ccccc32)c(=O)[nH]c1=O. The molecular weight excluding hydrogens is 398 g/mol. The second-order valence-electron chi connectivity index (χ2n) is 7.69. The minimum Gasteiger partial charge on any atom is -0.383 e. The molecule has 0 unspecified atom stereocenters. The first kappa shape index (κ1) is 22.6. The summed E-state index contributed by atoms with van der Waals surface area (Å²) in [6.07, 6.45) is 3.52. The van der Waals surface area contributed by atoms with Crippen molar-refractivity contribution in [1.29, 1.82) is 0 Å². The number of hydrogen-bond donors (Lipinski definition) is 2. The number of para-hydroxylation sites is 1. The first-order chi connectivity index (χ1) is 15.0. The van der Waals surface area contributed by atoms with Crippen LogP contribution >= 0.6 is 0 Å². The number of aryl methyl sites for hydroxylation is 1. The van der Waals surface area contributed by atoms with Crippen molar-refractivity contribution in [3.63, 3.8) is 0 Å². The Bertz CT molecular complexity index is 1030. The first-order valence-electron chi connectivity index (χ1n) is 10.7. The topological polar surface area (TPSA) is 114 Å². The van der Waals surface area contributed by atoms with E-state index in [0.29, 0.717) is 6.54 Å². The van der Waals surface area contributed by atoms with Crippen LogP contribution in [0.15, 0.2) is 33.9 Å². The van der Waals surface area contributed by atoms with Crippen molar-refractivity contribution in [3.05, 3.63) is 50.7 Å². The van der Waals surface area contributed by atoms with Crippen LogP contribution in [0.1, 0.15) is 31.7 Å². The van der Waals surface area contributed by atoms with Crippen molar-refractivity contribution >= 4 is 23.1 Å². The smallest absolute Gasteiger partial charge is 0.330 e. The van der Waals surface area contributed by atoms with Gasteiger partial charge in [0.25, 0.3) is 5.56 Å². The molecule has 3 rings (SSSR count). The zero-order valence-corrected chi connectivity index (χ0v) is 18.2. The van der Waals surface area contributed by atoms with Gasteiger partial charge in [-0.25, -0.2) is 4.79 Å². The minimum absolute atomic E-state index is 0.00282. The average molecular weight is 430 g/mol. The molecule has 1 aliphatic rings. The van der Waals surface area contributed by atoms with Gasteiger partial charge in [-0.3, -0.25) is 19.1 Å². The number of carbonyl (C=O) groups excluding carboxylic acids is 1. The van der Waals surface area contributed by atoms with Gasteiger partial charge >= 0.3 is 5.69 Å². The van der Waals surface area contributed by atoms with Crippen LogP contribution in [0.2, 0.25) is 0 Å². The summed E-state index contributed by atoms with van der Waals surface area (Å²) in [7, 11) is 1.53. The number of aromatic nitrogens is 2. The van der Waals surface area contributed by atoms with Gasteiger partial charge in [0.05, 0.1) is 13.2 Å². The molecule has 1 amide bonds. The van der Waals surface area contributed by atoms with Gasteiger partial charge in [-0.05, 0) is 30.9 Å². The van der Waals surface area contributed by atoms with Crippen LogP contribution in [0.5, 0.6) is 0 Å². The van der Waals surface area contributed by atoms with Crippen LogP contribution in [-0.4, -0.2) is 48.8 Å². The van der Waals surface area contributed by atoms with Crippen LogP contribution in [0, 0.1) is 0 Å². The van der Waals surface area contributed by atoms with Crippen molar-refractivity contribution in [2.24, 2.45) is 0 Å². The molecule has 168 valence electrons. The minimum atomic E-state index is -0.668. The van der Waals surface area contributed by atoms with E-state index >= 15 is 0 Å². The quantitative estimate of drug-likeness (QED) is 0.622. The lowest BCUT2D eigenvalue weighted by Crippen LogP contribution is -2.47. The van der Waals surface area contributed by atoms with Crippen LogP contribution in [-0.2, 0) is 22.5 Å². The lowest BCUT2D eigenvalue weighted by Gasteiger charge is -2.33. The van der Waals surface area contributed by atoms with E-state index in [-0.39, 0.29) is 37.1 Å². The monoisotopic (exact) mass is 429 g/mol. The fourth-order valence-electron chi connectivity index (χ4n) is 3.94. The predicted octanol–water partition coefficient (Wildman–Crippen LogP) is 1.35. The summed E-state index contributed by atoms with van der Waals surface area (Å²) in [5.41, 5.74) is 7.24. The molecule has 3 N–H and O–H groups in total. The van der Waals surface area contributed by atoms with Gasteiger partial charge in [-0.2, -0.15) is 0 Å². The number of nitrogens with one attached hydrogen (secondary N) is 1. The highest BCUT2D eigenvalue weighted by molar-refractivity contribution is 5.98. The molecule has 0 radical (unpaired) electrons. The number of rotatable bonds is 9. The average Bonchev–Trinajstić information content (AvgIpc) is 2.76. The fraction of sp³-hybridized carbons (Fsp3) is 0.500. The van der Waals surface area contributed by atoms with Gasteiger partial charge in [0.2, 0.25) is 5.91 Å². The summed E-state index contributed by atoms with van der Waals surface area (Å²) in [4.78, 5) is 44.0. The number of carbonyl (C=O) groups is 1. The standard InChI is InChI=1S/C22H31N5O4/c1-3-4-12-27-20(23)19(21(29)24-22(27)30)26(13-14-31-2)18(28)15-25-11-7-9-16-8-5-6-10-17(16)25/h5-6,8,10H,3-4,7,9,11-15,23H2,1-2H3,(H,24,29,30). The van der Waals surface area contributed by atoms with E-state index in [0.717, 1.165) is 37.9 Å². The molecule has 1 aromatic heterocycles. The molecule has 2 heterocycles. The maximum Gasteiger partial charge on any atom is 0.330 e. The van der Waals surface area contributed by atoms with E-state index in [9.17, 15) is 14.4 Å². The maximum atomic E-state index is 13.4. The third kappa shape index (κ3) is 4.99. The summed E-state index contributed by atoms with van der Waals surface area (Å²) >= 11 is 0. The summed E-state index contributed by atoms with van der Waals surface area (Å²) in [6.45, 7) is 3.62. The van der Waals surface area contributed by atoms with Crippen LogP contribution in [0.25, 0.3) is 0 Å². The van der Waals surface area contributed by atoms with Crippen molar-refractivity contribution < 1.29 is 9.53 Å². The highest BCUT2D eigenvalue weighted by Crippen LogP contribution is 2.27. The molecule has 31 heavy (non-hydrogen) atoms. The third-order valence-corrected chi connectivity index (χ3v) is 5.57. The largest absolute Gasteiger partial charge is 0.383 e. The van der Waals surface area contributed by atoms with E-state index in [1.165, 1.54) is 22.1 Å². The Labute approximate surface area is 181 Å². The highest BCUT2D eigenvalue weighted by atomic mass is 16.5. The zero-order valence-electron chi connectivity index (χ0n) is 18.2. The Balaban J connectivity index is 1.95. The van der Waals surface area contributed by atoms with Crippen molar-refractivity contribution in [2.45, 2.75) is 39.2 Å². The third-order valence-electron chi connectivity index (χ3n) is 5.57. The van der Waals surface area contributed by atoms with Gasteiger partial charge in [-0.1, -0.05) is 31.5 Å². The number of nitrogen functional groups attached to an aromatic ring is 1. The van der Waals surface area contributed by atoms with E-state index in [1.807, 2.05) is 30.0 Å². The first-order valence-corrected chi connectivity index (χ1v) is 10.7. The Kier molecular flexibility index (Phi) is 7.51. The number of nitrogens with zero attached hydrogens (tertiary/aromatic N) is 3. The van der Waals surface area contributed by atoms with E-state index in [4.69, 9.17) is 10.5 Å². The summed E-state index contributed by atoms with van der Waals surface area (Å²) < 4.78 is 6.48. The van der Waals surface area contributed by atoms with Crippen molar-refractivity contribution in [3.8, 4) is 0 Å². The molecule has 9 nitrogen and oxygen atoms in total.